The Hall–Kier alpha value is -2.21. The molecule has 0 amide bonds. The molecule has 1 aromatic carbocycles. The lowest BCUT2D eigenvalue weighted by molar-refractivity contribution is -0.142. The summed E-state index contributed by atoms with van der Waals surface area (Å²) in [4.78, 5) is 13.3. The number of hydrogen-bond donors (Lipinski definition) is 0. The van der Waals surface area contributed by atoms with Crippen molar-refractivity contribution in [3.63, 3.8) is 0 Å². The quantitative estimate of drug-likeness (QED) is 0.727. The second kappa shape index (κ2) is 7.54. The average molecular weight is 289 g/mol. The average Bonchev–Trinajstić information content (AvgIpc) is 2.97. The van der Waals surface area contributed by atoms with Crippen LogP contribution in [0.15, 0.2) is 34.7 Å². The van der Waals surface area contributed by atoms with Crippen LogP contribution in [0.5, 0.6) is 0 Å². The van der Waals surface area contributed by atoms with E-state index in [4.69, 9.17) is 9.15 Å². The Labute approximate surface area is 123 Å². The van der Waals surface area contributed by atoms with Crippen molar-refractivity contribution in [1.82, 2.24) is 15.1 Å². The van der Waals surface area contributed by atoms with Gasteiger partial charge in [0.1, 0.15) is 0 Å². The van der Waals surface area contributed by atoms with Crippen LogP contribution in [0, 0.1) is 0 Å². The highest BCUT2D eigenvalue weighted by atomic mass is 16.5. The summed E-state index contributed by atoms with van der Waals surface area (Å²) in [6, 6.07) is 9.59. The summed E-state index contributed by atoms with van der Waals surface area (Å²) in [7, 11) is 1.38. The molecule has 112 valence electrons. The summed E-state index contributed by atoms with van der Waals surface area (Å²) >= 11 is 0. The molecule has 0 unspecified atom stereocenters. The van der Waals surface area contributed by atoms with Gasteiger partial charge in [-0.25, -0.2) is 0 Å². The lowest BCUT2D eigenvalue weighted by Gasteiger charge is -2.17. The molecule has 0 N–H and O–H groups in total. The van der Waals surface area contributed by atoms with Crippen LogP contribution in [0.2, 0.25) is 0 Å². The monoisotopic (exact) mass is 289 g/mol. The third-order valence-corrected chi connectivity index (χ3v) is 2.97. The van der Waals surface area contributed by atoms with Crippen molar-refractivity contribution in [2.45, 2.75) is 19.9 Å². The number of carbonyl (C=O) groups is 1. The van der Waals surface area contributed by atoms with Gasteiger partial charge in [0.15, 0.2) is 0 Å². The van der Waals surface area contributed by atoms with Crippen molar-refractivity contribution < 1.29 is 13.9 Å². The molecule has 0 saturated heterocycles. The van der Waals surface area contributed by atoms with Crippen LogP contribution in [-0.2, 0) is 16.1 Å². The topological polar surface area (TPSA) is 68.5 Å². The Morgan fingerprint density at radius 3 is 2.71 bits per heavy atom. The fourth-order valence-electron chi connectivity index (χ4n) is 1.98. The Kier molecular flexibility index (Phi) is 5.45. The van der Waals surface area contributed by atoms with Gasteiger partial charge in [0, 0.05) is 5.56 Å². The van der Waals surface area contributed by atoms with E-state index in [-0.39, 0.29) is 12.5 Å². The van der Waals surface area contributed by atoms with Gasteiger partial charge in [0.25, 0.3) is 0 Å². The third-order valence-electron chi connectivity index (χ3n) is 2.97. The lowest BCUT2D eigenvalue weighted by atomic mass is 10.2. The summed E-state index contributed by atoms with van der Waals surface area (Å²) in [5.41, 5.74) is 0.881. The molecule has 1 heterocycles. The molecule has 2 rings (SSSR count). The first-order chi connectivity index (χ1) is 10.2. The highest BCUT2D eigenvalue weighted by molar-refractivity contribution is 5.71. The fourth-order valence-corrected chi connectivity index (χ4v) is 1.98. The third kappa shape index (κ3) is 4.39. The van der Waals surface area contributed by atoms with E-state index in [2.05, 4.69) is 10.2 Å². The Morgan fingerprint density at radius 2 is 2.05 bits per heavy atom. The van der Waals surface area contributed by atoms with Gasteiger partial charge in [-0.05, 0) is 25.1 Å². The molecule has 6 nitrogen and oxygen atoms in total. The van der Waals surface area contributed by atoms with Gasteiger partial charge in [-0.3, -0.25) is 9.69 Å². The first-order valence-corrected chi connectivity index (χ1v) is 6.90. The second-order valence-electron chi connectivity index (χ2n) is 4.65. The van der Waals surface area contributed by atoms with E-state index < -0.39 is 0 Å². The molecule has 0 aliphatic carbocycles. The van der Waals surface area contributed by atoms with Crippen LogP contribution in [0.1, 0.15) is 19.2 Å². The molecule has 0 fully saturated rings. The predicted molar refractivity (Wildman–Crippen MR) is 77.3 cm³/mol. The number of aromatic nitrogens is 2. The molecule has 0 bridgehead atoms. The van der Waals surface area contributed by atoms with Crippen molar-refractivity contribution in [2.75, 3.05) is 20.2 Å². The standard InChI is InChI=1S/C15H19N3O3/c1-3-9-18(11-14(19)20-2)10-13-16-17-15(21-13)12-7-5-4-6-8-12/h4-8H,3,9-11H2,1-2H3. The second-order valence-corrected chi connectivity index (χ2v) is 4.65. The van der Waals surface area contributed by atoms with Gasteiger partial charge in [-0.1, -0.05) is 25.1 Å². The minimum absolute atomic E-state index is 0.216. The first-order valence-electron chi connectivity index (χ1n) is 6.90. The Morgan fingerprint density at radius 1 is 1.29 bits per heavy atom. The van der Waals surface area contributed by atoms with Crippen molar-refractivity contribution in [3.05, 3.63) is 36.2 Å². The molecule has 6 heteroatoms. The summed E-state index contributed by atoms with van der Waals surface area (Å²) in [6.07, 6.45) is 0.927. The van der Waals surface area contributed by atoms with E-state index in [1.807, 2.05) is 42.2 Å². The molecular formula is C15H19N3O3. The zero-order valence-corrected chi connectivity index (χ0v) is 12.3. The molecule has 0 aliphatic rings. The van der Waals surface area contributed by atoms with Crippen molar-refractivity contribution in [1.29, 1.82) is 0 Å². The first kappa shape index (κ1) is 15.2. The Balaban J connectivity index is 2.04. The van der Waals surface area contributed by atoms with Crippen molar-refractivity contribution >= 4 is 5.97 Å². The largest absolute Gasteiger partial charge is 0.468 e. The minimum atomic E-state index is -0.272. The van der Waals surface area contributed by atoms with E-state index in [9.17, 15) is 4.79 Å². The summed E-state index contributed by atoms with van der Waals surface area (Å²) in [5, 5.41) is 8.08. The maximum atomic E-state index is 11.4. The van der Waals surface area contributed by atoms with Gasteiger partial charge in [0.05, 0.1) is 20.2 Å². The van der Waals surface area contributed by atoms with Crippen LogP contribution in [0.4, 0.5) is 0 Å². The molecule has 2 aromatic rings. The SMILES string of the molecule is CCCN(CC(=O)OC)Cc1nnc(-c2ccccc2)o1. The highest BCUT2D eigenvalue weighted by Crippen LogP contribution is 2.17. The molecule has 21 heavy (non-hydrogen) atoms. The highest BCUT2D eigenvalue weighted by Gasteiger charge is 2.15. The predicted octanol–water partition coefficient (Wildman–Crippen LogP) is 2.12. The molecule has 0 atom stereocenters. The number of esters is 1. The number of methoxy groups -OCH3 is 1. The zero-order valence-electron chi connectivity index (χ0n) is 12.3. The smallest absolute Gasteiger partial charge is 0.319 e. The Bertz CT molecular complexity index is 569. The fraction of sp³-hybridized carbons (Fsp3) is 0.400. The van der Waals surface area contributed by atoms with Gasteiger partial charge in [-0.15, -0.1) is 10.2 Å². The maximum absolute atomic E-state index is 11.4. The molecule has 0 spiro atoms. The van der Waals surface area contributed by atoms with Crippen LogP contribution in [0.25, 0.3) is 11.5 Å². The molecular weight excluding hydrogens is 270 g/mol. The number of hydrogen-bond acceptors (Lipinski definition) is 6. The molecule has 0 radical (unpaired) electrons. The van der Waals surface area contributed by atoms with Crippen LogP contribution < -0.4 is 0 Å². The van der Waals surface area contributed by atoms with Crippen molar-refractivity contribution in [2.24, 2.45) is 0 Å². The maximum Gasteiger partial charge on any atom is 0.319 e. The summed E-state index contributed by atoms with van der Waals surface area (Å²) in [5.74, 6) is 0.706. The lowest BCUT2D eigenvalue weighted by Crippen LogP contribution is -2.31. The number of ether oxygens (including phenoxy) is 1. The molecule has 1 aromatic heterocycles. The van der Waals surface area contributed by atoms with Crippen LogP contribution >= 0.6 is 0 Å². The van der Waals surface area contributed by atoms with E-state index in [1.165, 1.54) is 7.11 Å². The molecule has 0 saturated carbocycles. The van der Waals surface area contributed by atoms with Crippen molar-refractivity contribution in [3.8, 4) is 11.5 Å². The summed E-state index contributed by atoms with van der Waals surface area (Å²) in [6.45, 7) is 3.46. The van der Waals surface area contributed by atoms with E-state index in [0.717, 1.165) is 18.5 Å². The van der Waals surface area contributed by atoms with E-state index in [1.54, 1.807) is 0 Å². The van der Waals surface area contributed by atoms with E-state index >= 15 is 0 Å². The molecule has 0 aliphatic heterocycles. The number of benzene rings is 1. The zero-order chi connectivity index (χ0) is 15.1. The minimum Gasteiger partial charge on any atom is -0.468 e. The van der Waals surface area contributed by atoms with Gasteiger partial charge in [0.2, 0.25) is 11.8 Å². The van der Waals surface area contributed by atoms with Gasteiger partial charge >= 0.3 is 5.97 Å². The van der Waals surface area contributed by atoms with Gasteiger partial charge in [-0.2, -0.15) is 0 Å². The van der Waals surface area contributed by atoms with Crippen LogP contribution in [0.3, 0.4) is 0 Å². The summed E-state index contributed by atoms with van der Waals surface area (Å²) < 4.78 is 10.3. The normalized spacial score (nSPS) is 10.8. The number of nitrogens with zero attached hydrogens (tertiary/aromatic N) is 3. The number of rotatable bonds is 7. The van der Waals surface area contributed by atoms with Gasteiger partial charge < -0.3 is 9.15 Å². The van der Waals surface area contributed by atoms with E-state index in [0.29, 0.717) is 18.3 Å². The number of carbonyl (C=O) groups excluding carboxylic acids is 1. The van der Waals surface area contributed by atoms with Crippen LogP contribution in [-0.4, -0.2) is 41.3 Å².